The zero-order valence-electron chi connectivity index (χ0n) is 11.9. The average molecular weight is 291 g/mol. The van der Waals surface area contributed by atoms with Crippen molar-refractivity contribution in [2.75, 3.05) is 13.2 Å². The van der Waals surface area contributed by atoms with Gasteiger partial charge in [-0.3, -0.25) is 4.79 Å². The van der Waals surface area contributed by atoms with Crippen LogP contribution in [0.2, 0.25) is 0 Å². The van der Waals surface area contributed by atoms with Crippen molar-refractivity contribution in [3.05, 3.63) is 29.8 Å². The summed E-state index contributed by atoms with van der Waals surface area (Å²) in [5, 5.41) is 5.55. The molecule has 0 saturated heterocycles. The van der Waals surface area contributed by atoms with Crippen LogP contribution < -0.4 is 21.1 Å². The average Bonchev–Trinajstić information content (AvgIpc) is 2.47. The summed E-state index contributed by atoms with van der Waals surface area (Å²) in [6, 6.07) is 7.26. The smallest absolute Gasteiger partial charge is 0.312 e. The predicted octanol–water partition coefficient (Wildman–Crippen LogP) is 1.46. The molecule has 2 rings (SSSR count). The first-order valence-corrected chi connectivity index (χ1v) is 7.21. The fourth-order valence-corrected chi connectivity index (χ4v) is 2.38. The highest BCUT2D eigenvalue weighted by Gasteiger charge is 2.22. The van der Waals surface area contributed by atoms with Crippen LogP contribution in [0.15, 0.2) is 24.3 Å². The Morgan fingerprint density at radius 2 is 2.10 bits per heavy atom. The maximum absolute atomic E-state index is 12.0. The Morgan fingerprint density at radius 1 is 1.29 bits per heavy atom. The van der Waals surface area contributed by atoms with Gasteiger partial charge in [0.1, 0.15) is 5.75 Å². The van der Waals surface area contributed by atoms with Gasteiger partial charge in [0.2, 0.25) is 5.91 Å². The minimum atomic E-state index is -0.529. The molecule has 1 aliphatic heterocycles. The number of para-hydroxylation sites is 1. The quantitative estimate of drug-likeness (QED) is 0.693. The lowest BCUT2D eigenvalue weighted by molar-refractivity contribution is -0.122. The molecular formula is C15H21N3O3. The Labute approximate surface area is 124 Å². The third kappa shape index (κ3) is 4.66. The largest absolute Gasteiger partial charge is 0.493 e. The first-order valence-electron chi connectivity index (χ1n) is 7.21. The number of rotatable bonds is 6. The van der Waals surface area contributed by atoms with Crippen LogP contribution in [0.5, 0.6) is 5.75 Å². The molecule has 0 unspecified atom stereocenters. The molecule has 0 bridgehead atoms. The lowest BCUT2D eigenvalue weighted by Crippen LogP contribution is -2.32. The van der Waals surface area contributed by atoms with Gasteiger partial charge in [-0.1, -0.05) is 18.2 Å². The van der Waals surface area contributed by atoms with Crippen LogP contribution in [0.1, 0.15) is 37.3 Å². The van der Waals surface area contributed by atoms with Crippen LogP contribution in [0.25, 0.3) is 0 Å². The lowest BCUT2D eigenvalue weighted by atomic mass is 10.0. The molecule has 0 fully saturated rings. The fourth-order valence-electron chi connectivity index (χ4n) is 2.38. The van der Waals surface area contributed by atoms with Crippen molar-refractivity contribution in [2.45, 2.75) is 31.7 Å². The number of hydrogen-bond acceptors (Lipinski definition) is 3. The third-order valence-electron chi connectivity index (χ3n) is 3.42. The minimum Gasteiger partial charge on any atom is -0.493 e. The summed E-state index contributed by atoms with van der Waals surface area (Å²) in [6.07, 6.45) is 2.68. The van der Waals surface area contributed by atoms with E-state index in [9.17, 15) is 9.59 Å². The molecule has 0 aliphatic carbocycles. The first-order chi connectivity index (χ1) is 10.2. The van der Waals surface area contributed by atoms with Crippen molar-refractivity contribution in [3.63, 3.8) is 0 Å². The number of carbonyl (C=O) groups is 2. The van der Waals surface area contributed by atoms with Gasteiger partial charge in [0.25, 0.3) is 0 Å². The Kier molecular flexibility index (Phi) is 5.43. The number of fused-ring (bicyclic) bond motifs is 1. The van der Waals surface area contributed by atoms with Crippen LogP contribution in [0, 0.1) is 0 Å². The Morgan fingerprint density at radius 3 is 2.90 bits per heavy atom. The van der Waals surface area contributed by atoms with Gasteiger partial charge in [0.05, 0.1) is 12.6 Å². The maximum atomic E-state index is 12.0. The predicted molar refractivity (Wildman–Crippen MR) is 78.9 cm³/mol. The fraction of sp³-hybridized carbons (Fsp3) is 0.467. The summed E-state index contributed by atoms with van der Waals surface area (Å²) < 4.78 is 5.57. The maximum Gasteiger partial charge on any atom is 0.312 e. The highest BCUT2D eigenvalue weighted by molar-refractivity contribution is 5.76. The second-order valence-corrected chi connectivity index (χ2v) is 5.04. The molecule has 1 heterocycles. The number of amides is 3. The molecule has 0 spiro atoms. The van der Waals surface area contributed by atoms with Gasteiger partial charge in [-0.15, -0.1) is 0 Å². The normalized spacial score (nSPS) is 16.5. The van der Waals surface area contributed by atoms with Crippen LogP contribution in [-0.4, -0.2) is 25.1 Å². The minimum absolute atomic E-state index is 0.0196. The number of carbonyl (C=O) groups excluding carboxylic acids is 2. The molecular weight excluding hydrogens is 270 g/mol. The summed E-state index contributed by atoms with van der Waals surface area (Å²) in [7, 11) is 0. The summed E-state index contributed by atoms with van der Waals surface area (Å²) in [6.45, 7) is 1.12. The van der Waals surface area contributed by atoms with Crippen LogP contribution in [-0.2, 0) is 4.79 Å². The first kappa shape index (κ1) is 15.2. The number of hydrogen-bond donors (Lipinski definition) is 3. The van der Waals surface area contributed by atoms with Gasteiger partial charge in [-0.25, -0.2) is 4.79 Å². The van der Waals surface area contributed by atoms with Gasteiger partial charge in [-0.05, 0) is 18.9 Å². The Hall–Kier alpha value is -2.24. The van der Waals surface area contributed by atoms with Gasteiger partial charge >= 0.3 is 6.03 Å². The van der Waals surface area contributed by atoms with E-state index in [1.54, 1.807) is 0 Å². The van der Waals surface area contributed by atoms with Gasteiger partial charge in [0, 0.05) is 24.9 Å². The number of ether oxygens (including phenoxy) is 1. The van der Waals surface area contributed by atoms with E-state index in [1.165, 1.54) is 0 Å². The Balaban J connectivity index is 1.75. The van der Waals surface area contributed by atoms with Crippen LogP contribution in [0.3, 0.4) is 0 Å². The van der Waals surface area contributed by atoms with E-state index in [2.05, 4.69) is 10.6 Å². The zero-order valence-corrected chi connectivity index (χ0v) is 11.9. The molecule has 21 heavy (non-hydrogen) atoms. The number of primary amides is 1. The highest BCUT2D eigenvalue weighted by Crippen LogP contribution is 2.31. The number of nitrogens with two attached hydrogens (primary N) is 1. The van der Waals surface area contributed by atoms with Crippen LogP contribution >= 0.6 is 0 Å². The number of unbranched alkanes of at least 4 members (excludes halogenated alkanes) is 1. The second kappa shape index (κ2) is 7.52. The molecule has 1 aliphatic rings. The van der Waals surface area contributed by atoms with E-state index in [0.717, 1.165) is 30.6 Å². The molecule has 3 amide bonds. The molecule has 0 saturated carbocycles. The van der Waals surface area contributed by atoms with Gasteiger partial charge in [-0.2, -0.15) is 0 Å². The number of nitrogens with one attached hydrogen (secondary N) is 2. The Bertz CT molecular complexity index is 505. The number of urea groups is 1. The SMILES string of the molecule is NC(=O)NCCCCC(=O)N[C@@H]1CCOc2ccccc21. The van der Waals surface area contributed by atoms with E-state index >= 15 is 0 Å². The molecule has 1 atom stereocenters. The van der Waals surface area contributed by atoms with Gasteiger partial charge < -0.3 is 21.1 Å². The van der Waals surface area contributed by atoms with Crippen LogP contribution in [0.4, 0.5) is 4.79 Å². The molecule has 1 aromatic rings. The van der Waals surface area contributed by atoms with Crippen molar-refractivity contribution in [1.82, 2.24) is 10.6 Å². The summed E-state index contributed by atoms with van der Waals surface area (Å²) in [5.74, 6) is 0.871. The van der Waals surface area contributed by atoms with Crippen molar-refractivity contribution < 1.29 is 14.3 Å². The molecule has 114 valence electrons. The monoisotopic (exact) mass is 291 g/mol. The van der Waals surface area contributed by atoms with Crippen molar-refractivity contribution >= 4 is 11.9 Å². The summed E-state index contributed by atoms with van der Waals surface area (Å²) in [4.78, 5) is 22.5. The molecule has 0 radical (unpaired) electrons. The molecule has 0 aromatic heterocycles. The third-order valence-corrected chi connectivity index (χ3v) is 3.42. The van der Waals surface area contributed by atoms with E-state index in [-0.39, 0.29) is 11.9 Å². The summed E-state index contributed by atoms with van der Waals surface area (Å²) >= 11 is 0. The topological polar surface area (TPSA) is 93.5 Å². The lowest BCUT2D eigenvalue weighted by Gasteiger charge is -2.26. The van der Waals surface area contributed by atoms with E-state index in [0.29, 0.717) is 19.6 Å². The molecule has 6 nitrogen and oxygen atoms in total. The van der Waals surface area contributed by atoms with E-state index < -0.39 is 6.03 Å². The van der Waals surface area contributed by atoms with Crippen molar-refractivity contribution in [3.8, 4) is 5.75 Å². The van der Waals surface area contributed by atoms with Gasteiger partial charge in [0.15, 0.2) is 0 Å². The van der Waals surface area contributed by atoms with E-state index in [4.69, 9.17) is 10.5 Å². The van der Waals surface area contributed by atoms with Crippen molar-refractivity contribution in [1.29, 1.82) is 0 Å². The highest BCUT2D eigenvalue weighted by atomic mass is 16.5. The molecule has 4 N–H and O–H groups in total. The standard InChI is InChI=1S/C15H21N3O3/c16-15(20)17-9-4-3-7-14(19)18-12-8-10-21-13-6-2-1-5-11(12)13/h1-2,5-6,12H,3-4,7-10H2,(H,18,19)(H3,16,17,20)/t12-/m1/s1. The summed E-state index contributed by atoms with van der Waals surface area (Å²) in [5.41, 5.74) is 6.00. The molecule has 1 aromatic carbocycles. The zero-order chi connectivity index (χ0) is 15.1. The van der Waals surface area contributed by atoms with E-state index in [1.807, 2.05) is 24.3 Å². The van der Waals surface area contributed by atoms with Crippen molar-refractivity contribution in [2.24, 2.45) is 5.73 Å². The molecule has 6 heteroatoms. The second-order valence-electron chi connectivity index (χ2n) is 5.04. The number of benzene rings is 1.